The lowest BCUT2D eigenvalue weighted by atomic mass is 10.2. The van der Waals surface area contributed by atoms with Crippen LogP contribution in [0.15, 0.2) is 42.2 Å². The number of nitrogens with zero attached hydrogens (tertiary/aromatic N) is 5. The zero-order valence-electron chi connectivity index (χ0n) is 18.3. The standard InChI is InChI=1S/C23H27N7O2S/c31-13-4-3-11-24-22-28-20(19-21(29-22)30(15-26-19)17-5-1-2-6-17)27-16-7-9-18(10-8-16)32-23-25-12-14-33-23/h7-10,12,14-15,17,31H,1-6,11,13H2,(H2,24,27,28,29). The average Bonchev–Trinajstić information content (AvgIpc) is 3.60. The Hall–Kier alpha value is -3.24. The molecule has 4 aromatic rings. The topological polar surface area (TPSA) is 110 Å². The molecule has 1 aromatic carbocycles. The molecule has 172 valence electrons. The molecule has 9 nitrogen and oxygen atoms in total. The maximum Gasteiger partial charge on any atom is 0.278 e. The normalized spacial score (nSPS) is 14.1. The van der Waals surface area contributed by atoms with Gasteiger partial charge >= 0.3 is 0 Å². The highest BCUT2D eigenvalue weighted by Crippen LogP contribution is 2.34. The lowest BCUT2D eigenvalue weighted by Crippen LogP contribution is -2.10. The van der Waals surface area contributed by atoms with E-state index in [9.17, 15) is 0 Å². The van der Waals surface area contributed by atoms with Gasteiger partial charge in [0.1, 0.15) is 5.75 Å². The molecule has 33 heavy (non-hydrogen) atoms. The van der Waals surface area contributed by atoms with Crippen LogP contribution in [0, 0.1) is 0 Å². The number of hydrogen-bond donors (Lipinski definition) is 3. The quantitative estimate of drug-likeness (QED) is 0.277. The number of aliphatic hydroxyl groups excluding tert-OH is 1. The summed E-state index contributed by atoms with van der Waals surface area (Å²) in [6.07, 6.45) is 9.98. The number of thiazole rings is 1. The second-order valence-electron chi connectivity index (χ2n) is 8.07. The van der Waals surface area contributed by atoms with Crippen molar-refractivity contribution in [2.75, 3.05) is 23.8 Å². The van der Waals surface area contributed by atoms with Gasteiger partial charge in [0.15, 0.2) is 17.0 Å². The smallest absolute Gasteiger partial charge is 0.278 e. The highest BCUT2D eigenvalue weighted by Gasteiger charge is 2.22. The molecule has 3 aromatic heterocycles. The highest BCUT2D eigenvalue weighted by atomic mass is 32.1. The van der Waals surface area contributed by atoms with E-state index in [2.05, 4.69) is 25.2 Å². The Labute approximate surface area is 195 Å². The molecule has 1 aliphatic rings. The fraction of sp³-hybridized carbons (Fsp3) is 0.391. The summed E-state index contributed by atoms with van der Waals surface area (Å²) in [5.74, 6) is 1.95. The molecule has 0 spiro atoms. The third-order valence-corrected chi connectivity index (χ3v) is 6.39. The Morgan fingerprint density at radius 2 is 1.94 bits per heavy atom. The van der Waals surface area contributed by atoms with E-state index in [1.807, 2.05) is 36.0 Å². The Bertz CT molecular complexity index is 1170. The number of benzene rings is 1. The third-order valence-electron chi connectivity index (χ3n) is 5.74. The van der Waals surface area contributed by atoms with Crippen molar-refractivity contribution in [1.82, 2.24) is 24.5 Å². The minimum atomic E-state index is 0.186. The molecule has 0 unspecified atom stereocenters. The van der Waals surface area contributed by atoms with Gasteiger partial charge in [0.05, 0.1) is 6.33 Å². The Morgan fingerprint density at radius 3 is 2.70 bits per heavy atom. The van der Waals surface area contributed by atoms with Gasteiger partial charge in [-0.1, -0.05) is 24.2 Å². The van der Waals surface area contributed by atoms with Crippen LogP contribution in [-0.2, 0) is 0 Å². The molecule has 0 bridgehead atoms. The van der Waals surface area contributed by atoms with E-state index < -0.39 is 0 Å². The first-order chi connectivity index (χ1) is 16.3. The first-order valence-electron chi connectivity index (χ1n) is 11.3. The molecule has 0 aliphatic heterocycles. The van der Waals surface area contributed by atoms with E-state index in [-0.39, 0.29) is 6.61 Å². The van der Waals surface area contributed by atoms with Crippen LogP contribution < -0.4 is 15.4 Å². The van der Waals surface area contributed by atoms with E-state index in [4.69, 9.17) is 19.8 Å². The number of anilines is 3. The fourth-order valence-electron chi connectivity index (χ4n) is 4.07. The van der Waals surface area contributed by atoms with Crippen molar-refractivity contribution in [3.8, 4) is 10.9 Å². The fourth-order valence-corrected chi connectivity index (χ4v) is 4.58. The summed E-state index contributed by atoms with van der Waals surface area (Å²) >= 11 is 1.45. The summed E-state index contributed by atoms with van der Waals surface area (Å²) < 4.78 is 7.94. The molecule has 0 amide bonds. The molecular formula is C23H27N7O2S. The van der Waals surface area contributed by atoms with Crippen molar-refractivity contribution < 1.29 is 9.84 Å². The van der Waals surface area contributed by atoms with Crippen molar-refractivity contribution >= 4 is 40.0 Å². The minimum Gasteiger partial charge on any atom is -0.431 e. The Balaban J connectivity index is 1.40. The molecule has 5 rings (SSSR count). The highest BCUT2D eigenvalue weighted by molar-refractivity contribution is 7.11. The second-order valence-corrected chi connectivity index (χ2v) is 8.92. The molecular weight excluding hydrogens is 438 g/mol. The molecule has 0 atom stereocenters. The van der Waals surface area contributed by atoms with Crippen LogP contribution in [0.2, 0.25) is 0 Å². The minimum absolute atomic E-state index is 0.186. The van der Waals surface area contributed by atoms with Gasteiger partial charge in [-0.25, -0.2) is 9.97 Å². The average molecular weight is 466 g/mol. The first-order valence-corrected chi connectivity index (χ1v) is 12.2. The first kappa shape index (κ1) is 21.6. The number of aromatic nitrogens is 5. The lowest BCUT2D eigenvalue weighted by molar-refractivity contribution is 0.286. The summed E-state index contributed by atoms with van der Waals surface area (Å²) in [6.45, 7) is 0.886. The molecule has 3 heterocycles. The molecule has 1 fully saturated rings. The van der Waals surface area contributed by atoms with Gasteiger partial charge in [-0.15, -0.1) is 0 Å². The number of fused-ring (bicyclic) bond motifs is 1. The lowest BCUT2D eigenvalue weighted by Gasteiger charge is -2.14. The van der Waals surface area contributed by atoms with Crippen LogP contribution in [0.25, 0.3) is 11.2 Å². The van der Waals surface area contributed by atoms with Crippen LogP contribution in [0.1, 0.15) is 44.6 Å². The van der Waals surface area contributed by atoms with Crippen LogP contribution in [0.5, 0.6) is 10.9 Å². The molecule has 0 saturated heterocycles. The largest absolute Gasteiger partial charge is 0.431 e. The summed E-state index contributed by atoms with van der Waals surface area (Å²) in [6, 6.07) is 8.11. The van der Waals surface area contributed by atoms with Gasteiger partial charge in [-0.05, 0) is 49.9 Å². The maximum absolute atomic E-state index is 9.04. The van der Waals surface area contributed by atoms with E-state index >= 15 is 0 Å². The van der Waals surface area contributed by atoms with E-state index in [0.29, 0.717) is 29.5 Å². The number of nitrogens with one attached hydrogen (secondary N) is 2. The molecule has 1 aliphatic carbocycles. The van der Waals surface area contributed by atoms with Crippen LogP contribution in [0.4, 0.5) is 17.5 Å². The maximum atomic E-state index is 9.04. The second kappa shape index (κ2) is 10.1. The van der Waals surface area contributed by atoms with Gasteiger partial charge in [0.2, 0.25) is 5.95 Å². The number of rotatable bonds is 10. The van der Waals surface area contributed by atoms with Gasteiger partial charge in [-0.2, -0.15) is 9.97 Å². The van der Waals surface area contributed by atoms with Crippen molar-refractivity contribution in [3.63, 3.8) is 0 Å². The van der Waals surface area contributed by atoms with E-state index in [1.165, 1.54) is 24.2 Å². The molecule has 10 heteroatoms. The Kier molecular flexibility index (Phi) is 6.63. The van der Waals surface area contributed by atoms with Gasteiger partial charge in [-0.3, -0.25) is 0 Å². The molecule has 1 saturated carbocycles. The third kappa shape index (κ3) is 5.07. The van der Waals surface area contributed by atoms with E-state index in [1.54, 1.807) is 6.20 Å². The van der Waals surface area contributed by atoms with Gasteiger partial charge in [0, 0.05) is 36.5 Å². The predicted molar refractivity (Wildman–Crippen MR) is 130 cm³/mol. The predicted octanol–water partition coefficient (Wildman–Crippen LogP) is 5.12. The summed E-state index contributed by atoms with van der Waals surface area (Å²) in [7, 11) is 0. The Morgan fingerprint density at radius 1 is 1.09 bits per heavy atom. The number of unbranched alkanes of at least 4 members (excludes halogenated alkanes) is 1. The summed E-state index contributed by atoms with van der Waals surface area (Å²) in [5, 5.41) is 18.2. The van der Waals surface area contributed by atoms with Crippen LogP contribution in [0.3, 0.4) is 0 Å². The van der Waals surface area contributed by atoms with Crippen molar-refractivity contribution in [3.05, 3.63) is 42.2 Å². The number of imidazole rings is 1. The SMILES string of the molecule is OCCCCNc1nc(Nc2ccc(Oc3nccs3)cc2)c2ncn(C3CCCC3)c2n1. The van der Waals surface area contributed by atoms with Crippen LogP contribution >= 0.6 is 11.3 Å². The summed E-state index contributed by atoms with van der Waals surface area (Å²) in [5.41, 5.74) is 2.47. The molecule has 0 radical (unpaired) electrons. The number of ether oxygens (including phenoxy) is 1. The van der Waals surface area contributed by atoms with Crippen molar-refractivity contribution in [1.29, 1.82) is 0 Å². The zero-order chi connectivity index (χ0) is 22.5. The summed E-state index contributed by atoms with van der Waals surface area (Å²) in [4.78, 5) is 18.3. The van der Waals surface area contributed by atoms with Crippen LogP contribution in [-0.4, -0.2) is 42.8 Å². The van der Waals surface area contributed by atoms with Crippen molar-refractivity contribution in [2.45, 2.75) is 44.6 Å². The van der Waals surface area contributed by atoms with Gasteiger partial charge < -0.3 is 25.0 Å². The molecule has 3 N–H and O–H groups in total. The number of hydrogen-bond acceptors (Lipinski definition) is 9. The zero-order valence-corrected chi connectivity index (χ0v) is 19.1. The van der Waals surface area contributed by atoms with Crippen molar-refractivity contribution in [2.24, 2.45) is 0 Å². The van der Waals surface area contributed by atoms with Gasteiger partial charge in [0.25, 0.3) is 5.19 Å². The van der Waals surface area contributed by atoms with E-state index in [0.717, 1.165) is 48.3 Å². The monoisotopic (exact) mass is 465 g/mol. The number of aliphatic hydroxyl groups is 1.